The van der Waals surface area contributed by atoms with Crippen molar-refractivity contribution in [1.82, 2.24) is 0 Å². The molecule has 0 radical (unpaired) electrons. The van der Waals surface area contributed by atoms with Gasteiger partial charge in [-0.15, -0.1) is 0 Å². The van der Waals surface area contributed by atoms with Gasteiger partial charge in [0.15, 0.2) is 0 Å². The third-order valence-electron chi connectivity index (χ3n) is 3.83. The predicted molar refractivity (Wildman–Crippen MR) is 105 cm³/mol. The summed E-state index contributed by atoms with van der Waals surface area (Å²) >= 11 is 0. The number of hydrogen-bond acceptors (Lipinski definition) is 6. The molecule has 0 bridgehead atoms. The van der Waals surface area contributed by atoms with Crippen LogP contribution in [0.25, 0.3) is 5.76 Å². The quantitative estimate of drug-likeness (QED) is 0.566. The van der Waals surface area contributed by atoms with Gasteiger partial charge < -0.3 is 24.7 Å². The van der Waals surface area contributed by atoms with E-state index in [-0.39, 0.29) is 5.56 Å². The topological polar surface area (TPSA) is 92.4 Å². The van der Waals surface area contributed by atoms with Gasteiger partial charge in [-0.2, -0.15) is 0 Å². The van der Waals surface area contributed by atoms with Crippen LogP contribution in [0, 0.1) is 0 Å². The first kappa shape index (κ1) is 19.8. The van der Waals surface area contributed by atoms with Crippen molar-refractivity contribution in [3.05, 3.63) is 47.5 Å². The SMILES string of the molecule is C=Nc1cc(OC)c(C(N)=O)cc1/C(=C\C)Oc1cc(OC)cc(OC)c1. The van der Waals surface area contributed by atoms with Crippen molar-refractivity contribution >= 4 is 24.1 Å². The molecule has 0 aliphatic rings. The lowest BCUT2D eigenvalue weighted by molar-refractivity contribution is 0.0997. The van der Waals surface area contributed by atoms with Gasteiger partial charge in [-0.3, -0.25) is 9.79 Å². The average Bonchev–Trinajstić information content (AvgIpc) is 2.70. The Balaban J connectivity index is 2.53. The summed E-state index contributed by atoms with van der Waals surface area (Å²) in [6.45, 7) is 5.37. The molecule has 0 heterocycles. The molecule has 0 saturated heterocycles. The van der Waals surface area contributed by atoms with Crippen molar-refractivity contribution in [3.63, 3.8) is 0 Å². The van der Waals surface area contributed by atoms with Crippen molar-refractivity contribution < 1.29 is 23.7 Å². The minimum atomic E-state index is -0.623. The van der Waals surface area contributed by atoms with Crippen LogP contribution in [0.1, 0.15) is 22.8 Å². The van der Waals surface area contributed by atoms with Gasteiger partial charge in [0, 0.05) is 29.8 Å². The maximum absolute atomic E-state index is 11.8. The number of aliphatic imine (C=N–C) groups is 1. The van der Waals surface area contributed by atoms with Crippen LogP contribution in [-0.4, -0.2) is 34.0 Å². The molecular formula is C20H22N2O5. The first-order valence-corrected chi connectivity index (χ1v) is 8.03. The van der Waals surface area contributed by atoms with Gasteiger partial charge in [-0.05, 0) is 25.8 Å². The summed E-state index contributed by atoms with van der Waals surface area (Å²) < 4.78 is 21.7. The van der Waals surface area contributed by atoms with Crippen LogP contribution in [0.5, 0.6) is 23.0 Å². The van der Waals surface area contributed by atoms with Crippen molar-refractivity contribution in [2.45, 2.75) is 6.92 Å². The molecule has 0 atom stereocenters. The Morgan fingerprint density at radius 2 is 1.56 bits per heavy atom. The molecular weight excluding hydrogens is 348 g/mol. The second kappa shape index (κ2) is 8.75. The highest BCUT2D eigenvalue weighted by Crippen LogP contribution is 2.36. The summed E-state index contributed by atoms with van der Waals surface area (Å²) in [7, 11) is 4.55. The molecule has 0 aliphatic heterocycles. The highest BCUT2D eigenvalue weighted by molar-refractivity contribution is 5.97. The van der Waals surface area contributed by atoms with Crippen LogP contribution >= 0.6 is 0 Å². The molecule has 0 aromatic heterocycles. The number of primary amides is 1. The van der Waals surface area contributed by atoms with Crippen molar-refractivity contribution in [1.29, 1.82) is 0 Å². The van der Waals surface area contributed by atoms with E-state index in [4.69, 9.17) is 24.7 Å². The van der Waals surface area contributed by atoms with Crippen LogP contribution in [-0.2, 0) is 0 Å². The summed E-state index contributed by atoms with van der Waals surface area (Å²) in [5.74, 6) is 1.79. The molecule has 142 valence electrons. The molecule has 2 aromatic rings. The van der Waals surface area contributed by atoms with Gasteiger partial charge in [0.2, 0.25) is 0 Å². The summed E-state index contributed by atoms with van der Waals surface area (Å²) in [5, 5.41) is 0. The number of methoxy groups -OCH3 is 3. The Hall–Kier alpha value is -3.48. The molecule has 0 spiro atoms. The van der Waals surface area contributed by atoms with Crippen LogP contribution in [0.15, 0.2) is 41.4 Å². The molecule has 7 nitrogen and oxygen atoms in total. The Labute approximate surface area is 158 Å². The van der Waals surface area contributed by atoms with E-state index < -0.39 is 5.91 Å². The van der Waals surface area contributed by atoms with Gasteiger partial charge in [-0.1, -0.05) is 0 Å². The molecule has 2 N–H and O–H groups in total. The van der Waals surface area contributed by atoms with Gasteiger partial charge in [0.25, 0.3) is 5.91 Å². The Morgan fingerprint density at radius 3 is 2.00 bits per heavy atom. The normalized spacial score (nSPS) is 10.9. The fourth-order valence-electron chi connectivity index (χ4n) is 2.50. The summed E-state index contributed by atoms with van der Waals surface area (Å²) in [6.07, 6.45) is 1.74. The number of carbonyl (C=O) groups excluding carboxylic acids is 1. The number of hydrogen-bond donors (Lipinski definition) is 1. The fraction of sp³-hybridized carbons (Fsp3) is 0.200. The van der Waals surface area contributed by atoms with Crippen LogP contribution in [0.4, 0.5) is 5.69 Å². The van der Waals surface area contributed by atoms with Gasteiger partial charge in [0.05, 0.1) is 32.6 Å². The maximum Gasteiger partial charge on any atom is 0.252 e. The zero-order valence-electron chi connectivity index (χ0n) is 15.7. The molecule has 7 heteroatoms. The highest BCUT2D eigenvalue weighted by atomic mass is 16.5. The molecule has 0 unspecified atom stereocenters. The number of rotatable bonds is 8. The largest absolute Gasteiger partial charge is 0.496 e. The minimum Gasteiger partial charge on any atom is -0.496 e. The van der Waals surface area contributed by atoms with Crippen LogP contribution in [0.2, 0.25) is 0 Å². The van der Waals surface area contributed by atoms with Crippen molar-refractivity contribution in [2.24, 2.45) is 10.7 Å². The average molecular weight is 370 g/mol. The molecule has 27 heavy (non-hydrogen) atoms. The lowest BCUT2D eigenvalue weighted by atomic mass is 10.0. The Bertz CT molecular complexity index is 868. The second-order valence-electron chi connectivity index (χ2n) is 5.40. The van der Waals surface area contributed by atoms with E-state index in [1.165, 1.54) is 7.11 Å². The lowest BCUT2D eigenvalue weighted by Gasteiger charge is -2.16. The fourth-order valence-corrected chi connectivity index (χ4v) is 2.50. The first-order valence-electron chi connectivity index (χ1n) is 8.03. The number of nitrogens with two attached hydrogens (primary N) is 1. The highest BCUT2D eigenvalue weighted by Gasteiger charge is 2.18. The van der Waals surface area contributed by atoms with Gasteiger partial charge >= 0.3 is 0 Å². The molecule has 0 fully saturated rings. The monoisotopic (exact) mass is 370 g/mol. The molecule has 2 aromatic carbocycles. The van der Waals surface area contributed by atoms with E-state index >= 15 is 0 Å². The Morgan fingerprint density at radius 1 is 0.963 bits per heavy atom. The predicted octanol–water partition coefficient (Wildman–Crippen LogP) is 3.58. The van der Waals surface area contributed by atoms with Crippen LogP contribution < -0.4 is 24.7 Å². The number of nitrogens with zero attached hydrogens (tertiary/aromatic N) is 1. The minimum absolute atomic E-state index is 0.214. The third-order valence-corrected chi connectivity index (χ3v) is 3.83. The second-order valence-corrected chi connectivity index (χ2v) is 5.40. The molecule has 0 saturated carbocycles. The van der Waals surface area contributed by atoms with Crippen molar-refractivity contribution in [2.75, 3.05) is 21.3 Å². The van der Waals surface area contributed by atoms with E-state index in [0.717, 1.165) is 0 Å². The number of amides is 1. The smallest absolute Gasteiger partial charge is 0.252 e. The summed E-state index contributed by atoms with van der Waals surface area (Å²) in [4.78, 5) is 15.8. The summed E-state index contributed by atoms with van der Waals surface area (Å²) in [5.41, 5.74) is 6.71. The standard InChI is InChI=1S/C20H22N2O5/c1-6-18(27-14-8-12(24-3)7-13(9-14)25-4)15-10-16(20(21)23)19(26-5)11-17(15)22-2/h6-11H,2H2,1,3-5H3,(H2,21,23)/b18-6+. The molecule has 1 amide bonds. The zero-order chi connectivity index (χ0) is 20.0. The first-order chi connectivity index (χ1) is 13.0. The summed E-state index contributed by atoms with van der Waals surface area (Å²) in [6, 6.07) is 8.31. The third kappa shape index (κ3) is 4.38. The lowest BCUT2D eigenvalue weighted by Crippen LogP contribution is -2.13. The van der Waals surface area contributed by atoms with E-state index in [1.54, 1.807) is 57.6 Å². The van der Waals surface area contributed by atoms with E-state index in [2.05, 4.69) is 11.7 Å². The van der Waals surface area contributed by atoms with Gasteiger partial charge in [0.1, 0.15) is 28.8 Å². The number of benzene rings is 2. The maximum atomic E-state index is 11.8. The molecule has 2 rings (SSSR count). The van der Waals surface area contributed by atoms with E-state index in [0.29, 0.717) is 40.0 Å². The van der Waals surface area contributed by atoms with E-state index in [1.807, 2.05) is 0 Å². The number of ether oxygens (including phenoxy) is 4. The van der Waals surface area contributed by atoms with Crippen LogP contribution in [0.3, 0.4) is 0 Å². The van der Waals surface area contributed by atoms with Gasteiger partial charge in [-0.25, -0.2) is 0 Å². The van der Waals surface area contributed by atoms with Crippen molar-refractivity contribution in [3.8, 4) is 23.0 Å². The number of carbonyl (C=O) groups is 1. The zero-order valence-corrected chi connectivity index (χ0v) is 15.7. The van der Waals surface area contributed by atoms with E-state index in [9.17, 15) is 4.79 Å². The molecule has 0 aliphatic carbocycles. The Kier molecular flexibility index (Phi) is 6.43. The number of allylic oxidation sites excluding steroid dienone is 1.